The van der Waals surface area contributed by atoms with E-state index in [2.05, 4.69) is 10.3 Å². The predicted octanol–water partition coefficient (Wildman–Crippen LogP) is 0.723. The summed E-state index contributed by atoms with van der Waals surface area (Å²) in [6.45, 7) is 6.09. The molecular weight excluding hydrogens is 198 g/mol. The van der Waals surface area contributed by atoms with Crippen LogP contribution in [0.25, 0.3) is 0 Å². The van der Waals surface area contributed by atoms with Crippen molar-refractivity contribution >= 4 is 17.2 Å². The van der Waals surface area contributed by atoms with Gasteiger partial charge in [0.2, 0.25) is 5.91 Å². The average Bonchev–Trinajstić information content (AvgIpc) is 2.40. The predicted molar refractivity (Wildman–Crippen MR) is 57.1 cm³/mol. The van der Waals surface area contributed by atoms with Crippen molar-refractivity contribution in [2.24, 2.45) is 5.73 Å². The Labute approximate surface area is 87.5 Å². The third kappa shape index (κ3) is 2.78. The van der Waals surface area contributed by atoms with Crippen molar-refractivity contribution in [3.05, 3.63) is 15.6 Å². The van der Waals surface area contributed by atoms with Crippen molar-refractivity contribution in [1.29, 1.82) is 0 Å². The lowest BCUT2D eigenvalue weighted by molar-refractivity contribution is -0.122. The molecule has 1 atom stereocenters. The average molecular weight is 213 g/mol. The molecule has 14 heavy (non-hydrogen) atoms. The van der Waals surface area contributed by atoms with Crippen molar-refractivity contribution in [3.8, 4) is 0 Å². The van der Waals surface area contributed by atoms with Crippen LogP contribution in [0.5, 0.6) is 0 Å². The highest BCUT2D eigenvalue weighted by molar-refractivity contribution is 7.11. The number of amides is 1. The number of carbonyl (C=O) groups excluding carboxylic acids is 1. The SMILES string of the molecule is Cc1nc(C)c(CNC(=O)[C@@H](C)N)s1. The number of thiazole rings is 1. The molecule has 4 nitrogen and oxygen atoms in total. The van der Waals surface area contributed by atoms with E-state index in [4.69, 9.17) is 5.73 Å². The first kappa shape index (κ1) is 11.1. The zero-order valence-corrected chi connectivity index (χ0v) is 9.44. The summed E-state index contributed by atoms with van der Waals surface area (Å²) < 4.78 is 0. The summed E-state index contributed by atoms with van der Waals surface area (Å²) in [5.74, 6) is -0.129. The molecule has 0 fully saturated rings. The van der Waals surface area contributed by atoms with E-state index >= 15 is 0 Å². The minimum absolute atomic E-state index is 0.129. The number of carbonyl (C=O) groups is 1. The van der Waals surface area contributed by atoms with Crippen molar-refractivity contribution < 1.29 is 4.79 Å². The number of nitrogens with two attached hydrogens (primary N) is 1. The molecule has 0 aliphatic rings. The van der Waals surface area contributed by atoms with Gasteiger partial charge in [-0.25, -0.2) is 4.98 Å². The molecule has 0 saturated heterocycles. The maximum atomic E-state index is 11.2. The number of hydrogen-bond donors (Lipinski definition) is 2. The maximum Gasteiger partial charge on any atom is 0.236 e. The zero-order valence-electron chi connectivity index (χ0n) is 8.63. The standard InChI is InChI=1S/C9H15N3OS/c1-5(10)9(13)11-4-8-6(2)12-7(3)14-8/h5H,4,10H2,1-3H3,(H,11,13)/t5-/m1/s1. The van der Waals surface area contributed by atoms with Crippen LogP contribution in [0, 0.1) is 13.8 Å². The molecule has 0 aromatic carbocycles. The van der Waals surface area contributed by atoms with Crippen molar-refractivity contribution in [2.45, 2.75) is 33.4 Å². The van der Waals surface area contributed by atoms with Crippen molar-refractivity contribution in [2.75, 3.05) is 0 Å². The Balaban J connectivity index is 2.54. The second kappa shape index (κ2) is 4.52. The van der Waals surface area contributed by atoms with Gasteiger partial charge < -0.3 is 11.1 Å². The summed E-state index contributed by atoms with van der Waals surface area (Å²) in [6, 6.07) is -0.454. The fourth-order valence-corrected chi connectivity index (χ4v) is 1.94. The number of rotatable bonds is 3. The summed E-state index contributed by atoms with van der Waals surface area (Å²) in [4.78, 5) is 16.5. The Morgan fingerprint density at radius 3 is 2.71 bits per heavy atom. The first-order chi connectivity index (χ1) is 6.50. The highest BCUT2D eigenvalue weighted by atomic mass is 32.1. The third-order valence-electron chi connectivity index (χ3n) is 1.84. The molecule has 1 aromatic heterocycles. The minimum atomic E-state index is -0.454. The van der Waals surface area contributed by atoms with Gasteiger partial charge in [-0.2, -0.15) is 0 Å². The molecule has 1 aromatic rings. The molecule has 3 N–H and O–H groups in total. The lowest BCUT2D eigenvalue weighted by atomic mass is 10.3. The summed E-state index contributed by atoms with van der Waals surface area (Å²) in [5, 5.41) is 3.78. The van der Waals surface area contributed by atoms with Crippen LogP contribution in [-0.4, -0.2) is 16.9 Å². The first-order valence-electron chi connectivity index (χ1n) is 4.47. The molecule has 1 amide bonds. The summed E-state index contributed by atoms with van der Waals surface area (Å²) in [5.41, 5.74) is 6.40. The van der Waals surface area contributed by atoms with Crippen LogP contribution in [0.15, 0.2) is 0 Å². The fraction of sp³-hybridized carbons (Fsp3) is 0.556. The first-order valence-corrected chi connectivity index (χ1v) is 5.28. The van der Waals surface area contributed by atoms with Gasteiger partial charge in [0.25, 0.3) is 0 Å². The minimum Gasteiger partial charge on any atom is -0.350 e. The number of nitrogens with one attached hydrogen (secondary N) is 1. The van der Waals surface area contributed by atoms with Crippen LogP contribution < -0.4 is 11.1 Å². The van der Waals surface area contributed by atoms with Gasteiger partial charge in [-0.3, -0.25) is 4.79 Å². The summed E-state index contributed by atoms with van der Waals surface area (Å²) in [7, 11) is 0. The van der Waals surface area contributed by atoms with E-state index in [0.717, 1.165) is 15.6 Å². The van der Waals surface area contributed by atoms with Crippen molar-refractivity contribution in [3.63, 3.8) is 0 Å². The molecule has 5 heteroatoms. The molecule has 0 spiro atoms. The van der Waals surface area contributed by atoms with Crippen LogP contribution in [-0.2, 0) is 11.3 Å². The Morgan fingerprint density at radius 1 is 1.64 bits per heavy atom. The topological polar surface area (TPSA) is 68.0 Å². The van der Waals surface area contributed by atoms with Gasteiger partial charge in [0.1, 0.15) is 0 Å². The lowest BCUT2D eigenvalue weighted by Gasteiger charge is -2.06. The van der Waals surface area contributed by atoms with E-state index < -0.39 is 6.04 Å². The monoisotopic (exact) mass is 213 g/mol. The van der Waals surface area contributed by atoms with Crippen LogP contribution in [0.4, 0.5) is 0 Å². The Hall–Kier alpha value is -0.940. The molecule has 0 aliphatic heterocycles. The molecule has 1 heterocycles. The number of aromatic nitrogens is 1. The van der Waals surface area contributed by atoms with E-state index in [1.165, 1.54) is 0 Å². The molecule has 0 bridgehead atoms. The molecule has 0 saturated carbocycles. The molecular formula is C9H15N3OS. The molecule has 0 aliphatic carbocycles. The molecule has 78 valence electrons. The van der Waals surface area contributed by atoms with Gasteiger partial charge in [-0.1, -0.05) is 0 Å². The second-order valence-corrected chi connectivity index (χ2v) is 4.54. The number of hydrogen-bond acceptors (Lipinski definition) is 4. The van der Waals surface area contributed by atoms with Crippen LogP contribution in [0.1, 0.15) is 22.5 Å². The normalized spacial score (nSPS) is 12.6. The zero-order chi connectivity index (χ0) is 10.7. The molecule has 1 rings (SSSR count). The van der Waals surface area contributed by atoms with E-state index in [1.807, 2.05) is 13.8 Å². The summed E-state index contributed by atoms with van der Waals surface area (Å²) >= 11 is 1.60. The van der Waals surface area contributed by atoms with Crippen molar-refractivity contribution in [1.82, 2.24) is 10.3 Å². The van der Waals surface area contributed by atoms with Gasteiger partial charge >= 0.3 is 0 Å². The maximum absolute atomic E-state index is 11.2. The van der Waals surface area contributed by atoms with Gasteiger partial charge in [-0.15, -0.1) is 11.3 Å². The number of nitrogens with zero attached hydrogens (tertiary/aromatic N) is 1. The smallest absolute Gasteiger partial charge is 0.236 e. The number of aryl methyl sites for hydroxylation is 2. The highest BCUT2D eigenvalue weighted by Crippen LogP contribution is 2.16. The van der Waals surface area contributed by atoms with E-state index in [-0.39, 0.29) is 5.91 Å². The highest BCUT2D eigenvalue weighted by Gasteiger charge is 2.09. The Morgan fingerprint density at radius 2 is 2.29 bits per heavy atom. The second-order valence-electron chi connectivity index (χ2n) is 3.25. The third-order valence-corrected chi connectivity index (χ3v) is 2.91. The van der Waals surface area contributed by atoms with E-state index in [0.29, 0.717) is 6.54 Å². The summed E-state index contributed by atoms with van der Waals surface area (Å²) in [6.07, 6.45) is 0. The van der Waals surface area contributed by atoms with Gasteiger partial charge in [0.05, 0.1) is 23.3 Å². The molecule has 0 unspecified atom stereocenters. The van der Waals surface area contributed by atoms with Gasteiger partial charge in [0, 0.05) is 4.88 Å². The quantitative estimate of drug-likeness (QED) is 0.777. The van der Waals surface area contributed by atoms with E-state index in [1.54, 1.807) is 18.3 Å². The van der Waals surface area contributed by atoms with Crippen LogP contribution >= 0.6 is 11.3 Å². The van der Waals surface area contributed by atoms with Crippen LogP contribution in [0.2, 0.25) is 0 Å². The Kier molecular flexibility index (Phi) is 3.60. The van der Waals surface area contributed by atoms with Crippen LogP contribution in [0.3, 0.4) is 0 Å². The van der Waals surface area contributed by atoms with E-state index in [9.17, 15) is 4.79 Å². The molecule has 0 radical (unpaired) electrons. The lowest BCUT2D eigenvalue weighted by Crippen LogP contribution is -2.37. The largest absolute Gasteiger partial charge is 0.350 e. The Bertz CT molecular complexity index is 333. The van der Waals surface area contributed by atoms with Gasteiger partial charge in [-0.05, 0) is 20.8 Å². The van der Waals surface area contributed by atoms with Gasteiger partial charge in [0.15, 0.2) is 0 Å². The fourth-order valence-electron chi connectivity index (χ4n) is 1.07.